The first-order chi connectivity index (χ1) is 9.16. The number of hydrogen-bond donors (Lipinski definition) is 1. The lowest BCUT2D eigenvalue weighted by Crippen LogP contribution is -2.30. The van der Waals surface area contributed by atoms with Gasteiger partial charge in [0, 0.05) is 10.5 Å². The molecule has 0 saturated carbocycles. The molecule has 1 saturated heterocycles. The summed E-state index contributed by atoms with van der Waals surface area (Å²) in [6.45, 7) is 2.64. The van der Waals surface area contributed by atoms with E-state index in [1.54, 1.807) is 12.1 Å². The summed E-state index contributed by atoms with van der Waals surface area (Å²) in [5.41, 5.74) is 0.0103. The average molecular weight is 366 g/mol. The molecular weight excluding hydrogens is 348 g/mol. The summed E-state index contributed by atoms with van der Waals surface area (Å²) < 4.78 is 6.25. The third-order valence-electron chi connectivity index (χ3n) is 3.30. The maximum absolute atomic E-state index is 10.9. The van der Waals surface area contributed by atoms with Crippen molar-refractivity contribution in [2.24, 2.45) is 5.92 Å². The highest BCUT2D eigenvalue weighted by atomic mass is 79.9. The maximum atomic E-state index is 10.9. The Morgan fingerprint density at radius 1 is 1.50 bits per heavy atom. The molecule has 7 heteroatoms. The topological polar surface area (TPSA) is 64.4 Å². The van der Waals surface area contributed by atoms with Crippen molar-refractivity contribution in [3.05, 3.63) is 32.8 Å². The van der Waals surface area contributed by atoms with Gasteiger partial charge in [-0.3, -0.25) is 10.1 Å². The minimum atomic E-state index is -0.414. The second-order valence-corrected chi connectivity index (χ2v) is 5.63. The standard InChI is InChI=1S/C13H17BrN2O3.ClH/c14-11-3-4-13(12(8-11)16(17)18)19-7-5-10-2-1-6-15-9-10;/h3-4,8,10,15H,1-2,5-7,9H2;1H. The van der Waals surface area contributed by atoms with Crippen LogP contribution in [0.4, 0.5) is 5.69 Å². The second kappa shape index (κ2) is 8.44. The van der Waals surface area contributed by atoms with Crippen LogP contribution in [-0.2, 0) is 0 Å². The monoisotopic (exact) mass is 364 g/mol. The average Bonchev–Trinajstić information content (AvgIpc) is 2.41. The molecule has 0 spiro atoms. The lowest BCUT2D eigenvalue weighted by molar-refractivity contribution is -0.385. The number of nitro benzene ring substituents is 1. The molecule has 0 radical (unpaired) electrons. The Morgan fingerprint density at radius 3 is 2.95 bits per heavy atom. The van der Waals surface area contributed by atoms with Crippen LogP contribution in [0.3, 0.4) is 0 Å². The van der Waals surface area contributed by atoms with Crippen molar-refractivity contribution < 1.29 is 9.66 Å². The summed E-state index contributed by atoms with van der Waals surface area (Å²) in [4.78, 5) is 10.5. The van der Waals surface area contributed by atoms with Gasteiger partial charge in [0.1, 0.15) is 0 Å². The van der Waals surface area contributed by atoms with Gasteiger partial charge in [-0.05, 0) is 50.4 Å². The maximum Gasteiger partial charge on any atom is 0.312 e. The minimum Gasteiger partial charge on any atom is -0.487 e. The summed E-state index contributed by atoms with van der Waals surface area (Å²) in [7, 11) is 0. The van der Waals surface area contributed by atoms with Crippen LogP contribution in [0.25, 0.3) is 0 Å². The molecule has 0 amide bonds. The first-order valence-electron chi connectivity index (χ1n) is 6.44. The highest BCUT2D eigenvalue weighted by Gasteiger charge is 2.17. The zero-order valence-electron chi connectivity index (χ0n) is 11.0. The van der Waals surface area contributed by atoms with Crippen LogP contribution >= 0.6 is 28.3 Å². The van der Waals surface area contributed by atoms with Crippen molar-refractivity contribution in [2.75, 3.05) is 19.7 Å². The van der Waals surface area contributed by atoms with Crippen LogP contribution in [0.2, 0.25) is 0 Å². The summed E-state index contributed by atoms with van der Waals surface area (Å²) >= 11 is 3.23. The molecule has 1 fully saturated rings. The van der Waals surface area contributed by atoms with Crippen LogP contribution in [0, 0.1) is 16.0 Å². The molecule has 0 bridgehead atoms. The van der Waals surface area contributed by atoms with Crippen molar-refractivity contribution in [2.45, 2.75) is 19.3 Å². The Balaban J connectivity index is 0.00000200. The highest BCUT2D eigenvalue weighted by Crippen LogP contribution is 2.30. The normalized spacial score (nSPS) is 18.1. The number of rotatable bonds is 5. The molecular formula is C13H18BrClN2O3. The van der Waals surface area contributed by atoms with E-state index < -0.39 is 4.92 Å². The summed E-state index contributed by atoms with van der Waals surface area (Å²) in [5, 5.41) is 14.3. The number of hydrogen-bond acceptors (Lipinski definition) is 4. The lowest BCUT2D eigenvalue weighted by atomic mass is 9.97. The van der Waals surface area contributed by atoms with E-state index in [0.29, 0.717) is 22.7 Å². The van der Waals surface area contributed by atoms with Gasteiger partial charge in [0.2, 0.25) is 0 Å². The van der Waals surface area contributed by atoms with Crippen molar-refractivity contribution in [1.29, 1.82) is 0 Å². The van der Waals surface area contributed by atoms with Crippen molar-refractivity contribution >= 4 is 34.0 Å². The molecule has 1 atom stereocenters. The molecule has 1 aliphatic heterocycles. The van der Waals surface area contributed by atoms with Crippen molar-refractivity contribution in [1.82, 2.24) is 5.32 Å². The number of piperidine rings is 1. The van der Waals surface area contributed by atoms with E-state index in [9.17, 15) is 10.1 Å². The molecule has 1 aromatic carbocycles. The lowest BCUT2D eigenvalue weighted by Gasteiger charge is -2.22. The van der Waals surface area contributed by atoms with Gasteiger partial charge in [0.25, 0.3) is 0 Å². The van der Waals surface area contributed by atoms with Crippen LogP contribution in [0.1, 0.15) is 19.3 Å². The fourth-order valence-electron chi connectivity index (χ4n) is 2.26. The molecule has 0 aliphatic carbocycles. The number of benzene rings is 1. The van der Waals surface area contributed by atoms with E-state index >= 15 is 0 Å². The molecule has 1 unspecified atom stereocenters. The third kappa shape index (κ3) is 4.92. The number of nitro groups is 1. The molecule has 20 heavy (non-hydrogen) atoms. The van der Waals surface area contributed by atoms with Gasteiger partial charge in [-0.25, -0.2) is 0 Å². The first-order valence-corrected chi connectivity index (χ1v) is 7.23. The number of nitrogens with zero attached hydrogens (tertiary/aromatic N) is 1. The van der Waals surface area contributed by atoms with Gasteiger partial charge in [0.15, 0.2) is 5.75 Å². The molecule has 1 aromatic rings. The van der Waals surface area contributed by atoms with Crippen molar-refractivity contribution in [3.8, 4) is 5.75 Å². The number of halogens is 2. The SMILES string of the molecule is Cl.O=[N+]([O-])c1cc(Br)ccc1OCCC1CCCNC1. The molecule has 1 heterocycles. The zero-order chi connectivity index (χ0) is 13.7. The summed E-state index contributed by atoms with van der Waals surface area (Å²) in [6, 6.07) is 4.86. The first kappa shape index (κ1) is 17.2. The van der Waals surface area contributed by atoms with E-state index in [0.717, 1.165) is 19.5 Å². The zero-order valence-corrected chi connectivity index (χ0v) is 13.4. The quantitative estimate of drug-likeness (QED) is 0.640. The van der Waals surface area contributed by atoms with Crippen LogP contribution in [-0.4, -0.2) is 24.6 Å². The molecule has 2 rings (SSSR count). The Bertz CT molecular complexity index is 453. The van der Waals surface area contributed by atoms with Gasteiger partial charge < -0.3 is 10.1 Å². The summed E-state index contributed by atoms with van der Waals surface area (Å²) in [6.07, 6.45) is 3.34. The Kier molecular flexibility index (Phi) is 7.26. The van der Waals surface area contributed by atoms with E-state index in [2.05, 4.69) is 21.2 Å². The summed E-state index contributed by atoms with van der Waals surface area (Å²) in [5.74, 6) is 0.959. The van der Waals surface area contributed by atoms with Crippen LogP contribution < -0.4 is 10.1 Å². The van der Waals surface area contributed by atoms with Gasteiger partial charge in [-0.2, -0.15) is 0 Å². The van der Waals surface area contributed by atoms with E-state index in [1.807, 2.05) is 0 Å². The third-order valence-corrected chi connectivity index (χ3v) is 3.79. The molecule has 112 valence electrons. The Labute approximate surface area is 132 Å². The predicted molar refractivity (Wildman–Crippen MR) is 83.8 cm³/mol. The largest absolute Gasteiger partial charge is 0.487 e. The smallest absolute Gasteiger partial charge is 0.312 e. The fraction of sp³-hybridized carbons (Fsp3) is 0.538. The van der Waals surface area contributed by atoms with Crippen LogP contribution in [0.15, 0.2) is 22.7 Å². The Morgan fingerprint density at radius 2 is 2.30 bits per heavy atom. The van der Waals surface area contributed by atoms with E-state index in [1.165, 1.54) is 18.9 Å². The van der Waals surface area contributed by atoms with Crippen molar-refractivity contribution in [3.63, 3.8) is 0 Å². The van der Waals surface area contributed by atoms with Gasteiger partial charge >= 0.3 is 5.69 Å². The second-order valence-electron chi connectivity index (χ2n) is 4.72. The fourth-order valence-corrected chi connectivity index (χ4v) is 2.61. The number of nitrogens with one attached hydrogen (secondary N) is 1. The molecule has 0 aromatic heterocycles. The van der Waals surface area contributed by atoms with E-state index in [4.69, 9.17) is 4.74 Å². The van der Waals surface area contributed by atoms with Gasteiger partial charge in [-0.1, -0.05) is 15.9 Å². The molecule has 1 N–H and O–H groups in total. The highest BCUT2D eigenvalue weighted by molar-refractivity contribution is 9.10. The van der Waals surface area contributed by atoms with Gasteiger partial charge in [0.05, 0.1) is 11.5 Å². The minimum absolute atomic E-state index is 0. The van der Waals surface area contributed by atoms with E-state index in [-0.39, 0.29) is 18.1 Å². The number of ether oxygens (including phenoxy) is 1. The predicted octanol–water partition coefficient (Wildman–Crippen LogP) is 3.55. The molecule has 5 nitrogen and oxygen atoms in total. The van der Waals surface area contributed by atoms with Crippen LogP contribution in [0.5, 0.6) is 5.75 Å². The van der Waals surface area contributed by atoms with Gasteiger partial charge in [-0.15, -0.1) is 12.4 Å². The molecule has 1 aliphatic rings. The Hall–Kier alpha value is -0.850.